The van der Waals surface area contributed by atoms with Gasteiger partial charge < -0.3 is 20.1 Å². The predicted octanol–water partition coefficient (Wildman–Crippen LogP) is 6.03. The predicted molar refractivity (Wildman–Crippen MR) is 148 cm³/mol. The van der Waals surface area contributed by atoms with Crippen LogP contribution in [0.25, 0.3) is 0 Å². The number of halogens is 1. The van der Waals surface area contributed by atoms with E-state index in [9.17, 15) is 9.59 Å². The summed E-state index contributed by atoms with van der Waals surface area (Å²) in [4.78, 5) is 24.6. The number of hydrogen-bond donors (Lipinski definition) is 2. The Labute approximate surface area is 222 Å². The minimum absolute atomic E-state index is 0.201. The Morgan fingerprint density at radius 3 is 2.50 bits per heavy atom. The molecule has 1 aromatic carbocycles. The number of carboxylic acids is 1. The van der Waals surface area contributed by atoms with Crippen molar-refractivity contribution in [2.24, 2.45) is 5.41 Å². The molecule has 1 amide bonds. The van der Waals surface area contributed by atoms with Gasteiger partial charge >= 0.3 is 5.97 Å². The second-order valence-corrected chi connectivity index (χ2v) is 9.73. The summed E-state index contributed by atoms with van der Waals surface area (Å²) in [6.45, 7) is 10.4. The fourth-order valence-electron chi connectivity index (χ4n) is 4.46. The molecule has 1 saturated carbocycles. The van der Waals surface area contributed by atoms with Crippen molar-refractivity contribution in [1.82, 2.24) is 10.2 Å². The maximum absolute atomic E-state index is 11.9. The van der Waals surface area contributed by atoms with E-state index >= 15 is 0 Å². The number of nitrogens with one attached hydrogen (secondary N) is 1. The van der Waals surface area contributed by atoms with E-state index in [0.717, 1.165) is 38.3 Å². The quantitative estimate of drug-likeness (QED) is 0.0969. The summed E-state index contributed by atoms with van der Waals surface area (Å²) in [5.74, 6) is -0.238. The standard InChI is InChI=1S/C28H42N2O4.CH3Cl/c1-6-28(19-34-5,18-30(20-31)23(4)12-10-22(3)27(32)33)14-15-29-17-24-13-11-21(2)26(16-24)25-8-7-9-25;1-2/h10-13,16,20,25,29H,6-9,14-15,17-19H2,1-5H3,(H,32,33);1H3/b22-10+,23-12+;. The first-order valence-corrected chi connectivity index (χ1v) is 13.5. The van der Waals surface area contributed by atoms with Gasteiger partial charge in [0.1, 0.15) is 0 Å². The summed E-state index contributed by atoms with van der Waals surface area (Å²) in [5.41, 5.74) is 4.95. The number of nitrogens with zero attached hydrogens (tertiary/aromatic N) is 1. The van der Waals surface area contributed by atoms with Gasteiger partial charge in [-0.25, -0.2) is 4.79 Å². The molecule has 7 heteroatoms. The van der Waals surface area contributed by atoms with Crippen LogP contribution in [0.1, 0.15) is 75.5 Å². The Morgan fingerprint density at radius 1 is 1.28 bits per heavy atom. The second-order valence-electron chi connectivity index (χ2n) is 9.73. The molecule has 2 rings (SSSR count). The van der Waals surface area contributed by atoms with E-state index < -0.39 is 5.97 Å². The molecule has 1 atom stereocenters. The fourth-order valence-corrected chi connectivity index (χ4v) is 4.46. The van der Waals surface area contributed by atoms with Gasteiger partial charge in [-0.15, -0.1) is 11.6 Å². The van der Waals surface area contributed by atoms with Gasteiger partial charge in [0.15, 0.2) is 0 Å². The molecule has 0 bridgehead atoms. The molecule has 1 aromatic rings. The number of allylic oxidation sites excluding steroid dienone is 3. The van der Waals surface area contributed by atoms with Gasteiger partial charge in [-0.2, -0.15) is 0 Å². The summed E-state index contributed by atoms with van der Waals surface area (Å²) in [6.07, 6.45) is 11.2. The molecular formula is C29H45ClN2O4. The van der Waals surface area contributed by atoms with Crippen LogP contribution in [-0.2, 0) is 20.9 Å². The molecule has 0 saturated heterocycles. The molecule has 0 heterocycles. The van der Waals surface area contributed by atoms with Gasteiger partial charge in [-0.05, 0) is 81.7 Å². The van der Waals surface area contributed by atoms with Gasteiger partial charge in [-0.1, -0.05) is 37.6 Å². The van der Waals surface area contributed by atoms with Gasteiger partial charge in [-0.3, -0.25) is 4.79 Å². The lowest BCUT2D eigenvalue weighted by atomic mass is 9.78. The Kier molecular flexibility index (Phi) is 14.7. The summed E-state index contributed by atoms with van der Waals surface area (Å²) >= 11 is 4.64. The Balaban J connectivity index is 0.00000316. The molecule has 2 N–H and O–H groups in total. The molecule has 0 radical (unpaired) electrons. The number of rotatable bonds is 15. The van der Waals surface area contributed by atoms with E-state index in [2.05, 4.69) is 49.0 Å². The summed E-state index contributed by atoms with van der Waals surface area (Å²) in [6, 6.07) is 6.81. The lowest BCUT2D eigenvalue weighted by Gasteiger charge is -2.36. The molecule has 0 aliphatic heterocycles. The molecule has 202 valence electrons. The highest BCUT2D eigenvalue weighted by molar-refractivity contribution is 6.15. The summed E-state index contributed by atoms with van der Waals surface area (Å²) in [5, 5.41) is 12.6. The first kappa shape index (κ1) is 31.9. The average Bonchev–Trinajstić information content (AvgIpc) is 2.85. The van der Waals surface area contributed by atoms with Crippen molar-refractivity contribution in [2.45, 2.75) is 72.3 Å². The summed E-state index contributed by atoms with van der Waals surface area (Å²) in [7, 11) is 1.69. The Morgan fingerprint density at radius 2 is 1.97 bits per heavy atom. The zero-order valence-electron chi connectivity index (χ0n) is 22.9. The third kappa shape index (κ3) is 9.72. The van der Waals surface area contributed by atoms with Crippen LogP contribution in [-0.4, -0.2) is 55.6 Å². The van der Waals surface area contributed by atoms with E-state index in [-0.39, 0.29) is 11.0 Å². The minimum atomic E-state index is -0.969. The van der Waals surface area contributed by atoms with E-state index in [0.29, 0.717) is 18.8 Å². The molecule has 1 aliphatic rings. The molecule has 0 spiro atoms. The molecule has 1 fully saturated rings. The number of carboxylic acid groups (broad SMARTS) is 1. The highest BCUT2D eigenvalue weighted by Gasteiger charge is 2.31. The number of methoxy groups -OCH3 is 1. The number of carbonyl (C=O) groups excluding carboxylic acids is 1. The maximum Gasteiger partial charge on any atom is 0.331 e. The maximum atomic E-state index is 11.9. The van der Waals surface area contributed by atoms with Gasteiger partial charge in [0.2, 0.25) is 6.41 Å². The van der Waals surface area contributed by atoms with E-state index in [4.69, 9.17) is 9.84 Å². The van der Waals surface area contributed by atoms with Gasteiger partial charge in [0, 0.05) is 43.3 Å². The van der Waals surface area contributed by atoms with Crippen molar-refractivity contribution in [3.8, 4) is 0 Å². The summed E-state index contributed by atoms with van der Waals surface area (Å²) < 4.78 is 5.56. The topological polar surface area (TPSA) is 78.9 Å². The van der Waals surface area contributed by atoms with Crippen molar-refractivity contribution in [2.75, 3.05) is 33.2 Å². The number of aryl methyl sites for hydroxylation is 1. The third-order valence-electron chi connectivity index (χ3n) is 7.25. The van der Waals surface area contributed by atoms with Crippen LogP contribution in [0.4, 0.5) is 0 Å². The van der Waals surface area contributed by atoms with Crippen LogP contribution in [0.15, 0.2) is 41.6 Å². The number of hydrogen-bond acceptors (Lipinski definition) is 4. The second kappa shape index (κ2) is 16.6. The lowest BCUT2D eigenvalue weighted by molar-refractivity contribution is -0.132. The van der Waals surface area contributed by atoms with Crippen LogP contribution >= 0.6 is 11.6 Å². The molecule has 1 aliphatic carbocycles. The molecular weight excluding hydrogens is 476 g/mol. The zero-order valence-corrected chi connectivity index (χ0v) is 23.7. The van der Waals surface area contributed by atoms with Gasteiger partial charge in [0.05, 0.1) is 6.61 Å². The van der Waals surface area contributed by atoms with E-state index in [1.807, 2.05) is 6.92 Å². The number of benzene rings is 1. The monoisotopic (exact) mass is 520 g/mol. The van der Waals surface area contributed by atoms with Crippen LogP contribution < -0.4 is 5.32 Å². The van der Waals surface area contributed by atoms with Gasteiger partial charge in [0.25, 0.3) is 0 Å². The number of ether oxygens (including phenoxy) is 1. The van der Waals surface area contributed by atoms with Crippen LogP contribution in [0.3, 0.4) is 0 Å². The number of aliphatic carboxylic acids is 1. The smallest absolute Gasteiger partial charge is 0.331 e. The molecule has 1 unspecified atom stereocenters. The zero-order chi connectivity index (χ0) is 27.1. The average molecular weight is 521 g/mol. The molecule has 6 nitrogen and oxygen atoms in total. The van der Waals surface area contributed by atoms with E-state index in [1.54, 1.807) is 18.1 Å². The van der Waals surface area contributed by atoms with Crippen molar-refractivity contribution in [3.63, 3.8) is 0 Å². The van der Waals surface area contributed by atoms with Crippen molar-refractivity contribution >= 4 is 24.0 Å². The first-order valence-electron chi connectivity index (χ1n) is 12.7. The van der Waals surface area contributed by atoms with Crippen molar-refractivity contribution < 1.29 is 19.4 Å². The number of carbonyl (C=O) groups is 2. The Hall–Kier alpha value is -2.15. The minimum Gasteiger partial charge on any atom is -0.478 e. The van der Waals surface area contributed by atoms with Crippen LogP contribution in [0, 0.1) is 12.3 Å². The largest absolute Gasteiger partial charge is 0.478 e. The highest BCUT2D eigenvalue weighted by Crippen LogP contribution is 2.38. The molecule has 0 aromatic heterocycles. The fraction of sp³-hybridized carbons (Fsp3) is 0.586. The number of amides is 1. The lowest BCUT2D eigenvalue weighted by Crippen LogP contribution is -2.41. The Bertz CT molecular complexity index is 895. The first-order chi connectivity index (χ1) is 17.2. The normalized spacial score (nSPS) is 15.9. The van der Waals surface area contributed by atoms with E-state index in [1.165, 1.54) is 55.3 Å². The molecule has 36 heavy (non-hydrogen) atoms. The highest BCUT2D eigenvalue weighted by atomic mass is 35.5. The van der Waals surface area contributed by atoms with Crippen molar-refractivity contribution in [1.29, 1.82) is 0 Å². The third-order valence-corrected chi connectivity index (χ3v) is 7.25. The SMILES string of the molecule is CCC(CCNCc1ccc(C)c(C2CCC2)c1)(COC)CN(C=O)/C(C)=C/C=C(\C)C(=O)O.CCl. The van der Waals surface area contributed by atoms with Crippen LogP contribution in [0.2, 0.25) is 0 Å². The van der Waals surface area contributed by atoms with Crippen molar-refractivity contribution in [3.05, 3.63) is 58.3 Å². The van der Waals surface area contributed by atoms with Crippen LogP contribution in [0.5, 0.6) is 0 Å². The number of alkyl halides is 1.